The van der Waals surface area contributed by atoms with Crippen molar-refractivity contribution in [2.45, 2.75) is 45.6 Å². The summed E-state index contributed by atoms with van der Waals surface area (Å²) in [6.45, 7) is 3.87. The van der Waals surface area contributed by atoms with Crippen molar-refractivity contribution in [3.8, 4) is 0 Å². The molecule has 0 aromatic rings. The van der Waals surface area contributed by atoms with Gasteiger partial charge in [0.2, 0.25) is 0 Å². The van der Waals surface area contributed by atoms with Crippen molar-refractivity contribution in [2.24, 2.45) is 0 Å². The molecule has 1 aliphatic heterocycles. The number of carbonyl (C=O) groups excluding carboxylic acids is 2. The maximum absolute atomic E-state index is 11.8. The maximum atomic E-state index is 11.8. The molecule has 1 aliphatic rings. The van der Waals surface area contributed by atoms with Gasteiger partial charge < -0.3 is 9.47 Å². The summed E-state index contributed by atoms with van der Waals surface area (Å²) in [7, 11) is 0. The Labute approximate surface area is 129 Å². The molecule has 1 unspecified atom stereocenters. The van der Waals surface area contributed by atoms with Gasteiger partial charge in [0.1, 0.15) is 6.10 Å². The molecule has 0 saturated carbocycles. The van der Waals surface area contributed by atoms with Crippen molar-refractivity contribution in [2.75, 3.05) is 0 Å². The molecule has 0 radical (unpaired) electrons. The van der Waals surface area contributed by atoms with Crippen molar-refractivity contribution < 1.29 is 19.1 Å². The highest BCUT2D eigenvalue weighted by Gasteiger charge is 2.35. The van der Waals surface area contributed by atoms with Crippen LogP contribution in [0, 0.1) is 0 Å². The van der Waals surface area contributed by atoms with Crippen molar-refractivity contribution >= 4 is 43.8 Å². The lowest BCUT2D eigenvalue weighted by Gasteiger charge is -2.16. The Bertz CT molecular complexity index is 426. The summed E-state index contributed by atoms with van der Waals surface area (Å²) in [6, 6.07) is 0. The van der Waals surface area contributed by atoms with Gasteiger partial charge in [-0.1, -0.05) is 36.2 Å². The van der Waals surface area contributed by atoms with E-state index in [0.717, 1.165) is 12.8 Å². The quantitative estimate of drug-likeness (QED) is 0.639. The summed E-state index contributed by atoms with van der Waals surface area (Å²) in [5, 5.41) is 0. The average molecular weight is 396 g/mol. The van der Waals surface area contributed by atoms with Gasteiger partial charge in [-0.25, -0.2) is 4.79 Å². The number of ether oxygens (including phenoxy) is 2. The first-order valence-electron chi connectivity index (χ1n) is 6.17. The highest BCUT2D eigenvalue weighted by Crippen LogP contribution is 2.35. The lowest BCUT2D eigenvalue weighted by molar-refractivity contribution is -0.148. The monoisotopic (exact) mass is 394 g/mol. The summed E-state index contributed by atoms with van der Waals surface area (Å²) in [5.74, 6) is -0.370. The molecule has 19 heavy (non-hydrogen) atoms. The van der Waals surface area contributed by atoms with Crippen LogP contribution >= 0.6 is 31.9 Å². The van der Waals surface area contributed by atoms with E-state index < -0.39 is 12.1 Å². The first-order valence-corrected chi connectivity index (χ1v) is 7.88. The van der Waals surface area contributed by atoms with Crippen LogP contribution < -0.4 is 0 Å². The van der Waals surface area contributed by atoms with Crippen LogP contribution in [-0.4, -0.2) is 18.0 Å². The van der Waals surface area contributed by atoms with Gasteiger partial charge in [-0.05, 0) is 28.8 Å². The van der Waals surface area contributed by atoms with Gasteiger partial charge in [0.15, 0.2) is 5.76 Å². The Morgan fingerprint density at radius 1 is 1.42 bits per heavy atom. The van der Waals surface area contributed by atoms with Crippen LogP contribution in [0.5, 0.6) is 0 Å². The van der Waals surface area contributed by atoms with E-state index in [4.69, 9.17) is 9.47 Å². The molecular formula is C13H16Br2O4. The van der Waals surface area contributed by atoms with Crippen LogP contribution in [0.1, 0.15) is 39.5 Å². The molecule has 4 nitrogen and oxygen atoms in total. The predicted molar refractivity (Wildman–Crippen MR) is 78.8 cm³/mol. The zero-order chi connectivity index (χ0) is 14.4. The highest BCUT2D eigenvalue weighted by atomic mass is 79.9. The summed E-state index contributed by atoms with van der Waals surface area (Å²) >= 11 is 6.44. The minimum Gasteiger partial charge on any atom is -0.457 e. The Morgan fingerprint density at radius 2 is 2.11 bits per heavy atom. The van der Waals surface area contributed by atoms with Gasteiger partial charge >= 0.3 is 11.9 Å². The van der Waals surface area contributed by atoms with Crippen molar-refractivity contribution in [1.29, 1.82) is 0 Å². The molecule has 6 heteroatoms. The van der Waals surface area contributed by atoms with Gasteiger partial charge in [-0.15, -0.1) is 0 Å². The molecule has 0 spiro atoms. The predicted octanol–water partition coefficient (Wildman–Crippen LogP) is 3.94. The smallest absolute Gasteiger partial charge is 0.344 e. The van der Waals surface area contributed by atoms with E-state index in [-0.39, 0.29) is 5.97 Å². The molecule has 1 atom stereocenters. The molecule has 1 heterocycles. The molecule has 0 aromatic heterocycles. The normalized spacial score (nSPS) is 18.7. The largest absolute Gasteiger partial charge is 0.457 e. The van der Waals surface area contributed by atoms with Crippen LogP contribution in [0.3, 0.4) is 0 Å². The third kappa shape index (κ3) is 4.18. The van der Waals surface area contributed by atoms with Gasteiger partial charge in [0.05, 0.1) is 10.1 Å². The average Bonchev–Trinajstić information content (AvgIpc) is 2.64. The number of esters is 2. The fourth-order valence-electron chi connectivity index (χ4n) is 1.71. The van der Waals surface area contributed by atoms with Gasteiger partial charge in [0.25, 0.3) is 0 Å². The van der Waals surface area contributed by atoms with E-state index >= 15 is 0 Å². The second-order valence-corrected chi connectivity index (χ2v) is 5.36. The number of halogens is 2. The lowest BCUT2D eigenvalue weighted by Crippen LogP contribution is -2.23. The molecule has 1 rings (SSSR count). The van der Waals surface area contributed by atoms with Crippen LogP contribution in [-0.2, 0) is 19.1 Å². The van der Waals surface area contributed by atoms with Crippen molar-refractivity contribution in [3.05, 3.63) is 20.8 Å². The third-order valence-electron chi connectivity index (χ3n) is 2.58. The standard InChI is InChI=1S/C13H16Br2O4/c1-3-5-8(18-10(16)6-4-2)11-12(15)9(7-14)19-13(11)17/h7-8H,3-6H2,1-2H3. The minimum absolute atomic E-state index is 0.294. The number of hydrogen-bond donors (Lipinski definition) is 0. The first kappa shape index (κ1) is 16.4. The number of cyclic esters (lactones) is 1. The Kier molecular flexibility index (Phi) is 6.79. The van der Waals surface area contributed by atoms with Gasteiger partial charge in [-0.2, -0.15) is 0 Å². The zero-order valence-electron chi connectivity index (χ0n) is 10.9. The molecular weight excluding hydrogens is 380 g/mol. The zero-order valence-corrected chi connectivity index (χ0v) is 14.0. The molecule has 106 valence electrons. The fraction of sp³-hybridized carbons (Fsp3) is 0.538. The Morgan fingerprint density at radius 3 is 2.58 bits per heavy atom. The molecule has 0 fully saturated rings. The van der Waals surface area contributed by atoms with Gasteiger partial charge in [0, 0.05) is 11.4 Å². The fourth-order valence-corrected chi connectivity index (χ4v) is 2.95. The van der Waals surface area contributed by atoms with E-state index in [2.05, 4.69) is 31.9 Å². The third-order valence-corrected chi connectivity index (χ3v) is 3.81. The number of allylic oxidation sites excluding steroid dienone is 1. The number of rotatable bonds is 6. The van der Waals surface area contributed by atoms with Crippen molar-refractivity contribution in [1.82, 2.24) is 0 Å². The van der Waals surface area contributed by atoms with Crippen LogP contribution in [0.15, 0.2) is 20.8 Å². The Hall–Kier alpha value is -0.620. The molecule has 0 saturated heterocycles. The molecule has 0 aliphatic carbocycles. The lowest BCUT2D eigenvalue weighted by atomic mass is 10.1. The summed E-state index contributed by atoms with van der Waals surface area (Å²) in [4.78, 5) is 25.0. The van der Waals surface area contributed by atoms with E-state index in [1.165, 1.54) is 4.99 Å². The number of carbonyl (C=O) groups is 2. The van der Waals surface area contributed by atoms with Crippen LogP contribution in [0.4, 0.5) is 0 Å². The molecule has 0 N–H and O–H groups in total. The maximum Gasteiger partial charge on any atom is 0.344 e. The molecule has 0 aromatic carbocycles. The summed E-state index contributed by atoms with van der Waals surface area (Å²) in [6.07, 6.45) is 1.89. The minimum atomic E-state index is -0.559. The van der Waals surface area contributed by atoms with E-state index in [9.17, 15) is 9.59 Å². The second-order valence-electron chi connectivity index (χ2n) is 4.11. The Balaban J connectivity index is 2.95. The van der Waals surface area contributed by atoms with Crippen molar-refractivity contribution in [3.63, 3.8) is 0 Å². The number of hydrogen-bond acceptors (Lipinski definition) is 4. The SMILES string of the molecule is CCCC(=O)OC(CCC)C1=C(Br)C(=CBr)OC1=O. The highest BCUT2D eigenvalue weighted by molar-refractivity contribution is 9.12. The first-order chi connectivity index (χ1) is 9.04. The summed E-state index contributed by atoms with van der Waals surface area (Å²) in [5.41, 5.74) is 0.372. The van der Waals surface area contributed by atoms with Gasteiger partial charge in [-0.3, -0.25) is 4.79 Å². The summed E-state index contributed by atoms with van der Waals surface area (Å²) < 4.78 is 11.0. The van der Waals surface area contributed by atoms with E-state index in [0.29, 0.717) is 28.7 Å². The topological polar surface area (TPSA) is 52.6 Å². The molecule has 0 bridgehead atoms. The second kappa shape index (κ2) is 7.85. The van der Waals surface area contributed by atoms with Crippen LogP contribution in [0.2, 0.25) is 0 Å². The van der Waals surface area contributed by atoms with E-state index in [1.807, 2.05) is 13.8 Å². The molecule has 0 amide bonds. The van der Waals surface area contributed by atoms with Crippen LogP contribution in [0.25, 0.3) is 0 Å². The van der Waals surface area contributed by atoms with E-state index in [1.54, 1.807) is 0 Å².